The van der Waals surface area contributed by atoms with Crippen LogP contribution in [0.3, 0.4) is 0 Å². The zero-order valence-corrected chi connectivity index (χ0v) is 24.6. The van der Waals surface area contributed by atoms with Crippen molar-refractivity contribution in [3.8, 4) is 0 Å². The molecule has 3 aromatic rings. The van der Waals surface area contributed by atoms with Gasteiger partial charge in [-0.25, -0.2) is 27.9 Å². The summed E-state index contributed by atoms with van der Waals surface area (Å²) in [7, 11) is -2.30. The summed E-state index contributed by atoms with van der Waals surface area (Å²) in [4.78, 5) is 32.0. The van der Waals surface area contributed by atoms with E-state index in [9.17, 15) is 28.0 Å². The molecule has 1 heterocycles. The highest BCUT2D eigenvalue weighted by Gasteiger charge is 2.29. The van der Waals surface area contributed by atoms with Crippen LogP contribution in [0.15, 0.2) is 54.7 Å². The number of carbonyl (C=O) groups excluding carboxylic acids is 1. The van der Waals surface area contributed by atoms with E-state index in [1.54, 1.807) is 26.1 Å². The van der Waals surface area contributed by atoms with Gasteiger partial charge in [-0.3, -0.25) is 18.5 Å². The predicted octanol–water partition coefficient (Wildman–Crippen LogP) is 6.19. The molecule has 3 amide bonds. The molecule has 0 aliphatic carbocycles. The van der Waals surface area contributed by atoms with Gasteiger partial charge >= 0.3 is 19.9 Å². The molecular formula is C28H35F2N4O7P. The van der Waals surface area contributed by atoms with Gasteiger partial charge in [0.2, 0.25) is 0 Å². The summed E-state index contributed by atoms with van der Waals surface area (Å²) < 4.78 is 56.0. The molecule has 0 spiro atoms. The molecule has 0 saturated heterocycles. The lowest BCUT2D eigenvalue weighted by atomic mass is 10.1. The zero-order valence-electron chi connectivity index (χ0n) is 23.7. The first-order valence-electron chi connectivity index (χ1n) is 13.4. The van der Waals surface area contributed by atoms with E-state index in [2.05, 4.69) is 10.3 Å². The van der Waals surface area contributed by atoms with E-state index in [4.69, 9.17) is 13.6 Å². The van der Waals surface area contributed by atoms with E-state index < -0.39 is 37.6 Å². The molecule has 14 heteroatoms. The molecule has 0 saturated carbocycles. The predicted molar refractivity (Wildman–Crippen MR) is 153 cm³/mol. The van der Waals surface area contributed by atoms with Gasteiger partial charge in [0.25, 0.3) is 0 Å². The minimum atomic E-state index is -3.76. The maximum absolute atomic E-state index is 14.1. The number of urea groups is 1. The maximum atomic E-state index is 14.1. The molecule has 0 radical (unpaired) electrons. The highest BCUT2D eigenvalue weighted by atomic mass is 31.2. The van der Waals surface area contributed by atoms with E-state index in [-0.39, 0.29) is 57.1 Å². The molecule has 0 aliphatic heterocycles. The monoisotopic (exact) mass is 608 g/mol. The highest BCUT2D eigenvalue weighted by Crippen LogP contribution is 2.49. The first kappa shape index (κ1) is 32.9. The third kappa shape index (κ3) is 8.93. The second kappa shape index (κ2) is 15.5. The van der Waals surface area contributed by atoms with Gasteiger partial charge in [0, 0.05) is 30.7 Å². The minimum absolute atomic E-state index is 0.0446. The molecule has 11 nitrogen and oxygen atoms in total. The Balaban J connectivity index is 1.78. The number of nitrogens with one attached hydrogen (secondary N) is 1. The van der Waals surface area contributed by atoms with Crippen molar-refractivity contribution in [3.63, 3.8) is 0 Å². The number of benzene rings is 2. The molecular weight excluding hydrogens is 573 g/mol. The Morgan fingerprint density at radius 3 is 2.40 bits per heavy atom. The second-order valence-electron chi connectivity index (χ2n) is 9.18. The number of fused-ring (bicyclic) bond motifs is 1. The lowest BCUT2D eigenvalue weighted by Gasteiger charge is -2.32. The number of carboxylic acid groups (broad SMARTS) is 1. The molecule has 1 atom stereocenters. The molecule has 1 unspecified atom stereocenters. The van der Waals surface area contributed by atoms with Crippen LogP contribution in [0.1, 0.15) is 32.3 Å². The fraction of sp³-hybridized carbons (Fsp3) is 0.393. The fourth-order valence-corrected chi connectivity index (χ4v) is 5.39. The number of halogens is 2. The Morgan fingerprint density at radius 1 is 1.05 bits per heavy atom. The van der Waals surface area contributed by atoms with Gasteiger partial charge < -0.3 is 15.3 Å². The Hall–Kier alpha value is -3.64. The van der Waals surface area contributed by atoms with Gasteiger partial charge in [-0.15, -0.1) is 0 Å². The maximum Gasteiger partial charge on any atom is 0.474 e. The summed E-state index contributed by atoms with van der Waals surface area (Å²) in [5.41, 5.74) is -0.0446. The van der Waals surface area contributed by atoms with Crippen LogP contribution >= 0.6 is 7.82 Å². The fourth-order valence-electron chi connectivity index (χ4n) is 4.18. The summed E-state index contributed by atoms with van der Waals surface area (Å²) in [5, 5.41) is 14.2. The number of anilines is 1. The largest absolute Gasteiger partial charge is 0.474 e. The molecule has 3 rings (SSSR count). The van der Waals surface area contributed by atoms with Gasteiger partial charge in [0.05, 0.1) is 32.4 Å². The van der Waals surface area contributed by atoms with Gasteiger partial charge in [0.1, 0.15) is 5.82 Å². The average molecular weight is 609 g/mol. The number of rotatable bonds is 15. The van der Waals surface area contributed by atoms with Crippen molar-refractivity contribution >= 4 is 36.5 Å². The molecule has 2 N–H and O–H groups in total. The molecule has 42 heavy (non-hydrogen) atoms. The third-order valence-electron chi connectivity index (χ3n) is 6.35. The number of carbonyl (C=O) groups is 2. The van der Waals surface area contributed by atoms with Crippen LogP contribution in [0.4, 0.5) is 24.2 Å². The van der Waals surface area contributed by atoms with Crippen LogP contribution in [-0.2, 0) is 24.7 Å². The van der Waals surface area contributed by atoms with Crippen LogP contribution < -0.4 is 10.2 Å². The first-order chi connectivity index (χ1) is 20.1. The Kier molecular flexibility index (Phi) is 12.2. The van der Waals surface area contributed by atoms with E-state index >= 15 is 0 Å². The molecule has 0 aliphatic rings. The van der Waals surface area contributed by atoms with Crippen molar-refractivity contribution in [2.45, 2.75) is 39.3 Å². The zero-order chi connectivity index (χ0) is 30.7. The normalized spacial score (nSPS) is 12.2. The summed E-state index contributed by atoms with van der Waals surface area (Å²) >= 11 is 0. The average Bonchev–Trinajstić information content (AvgIpc) is 2.97. The summed E-state index contributed by atoms with van der Waals surface area (Å²) in [6.45, 7) is 3.00. The standard InChI is InChI=1S/C28H35F2N4O7P/c1-4-39-42(38,40-5-2)41-15-9-13-23(33(3)27(35)32-18-22-12-8-14-24(29)26(22)30)19-34(28(36)37)25-16-20-10-6-7-11-21(20)17-31-25/h6-8,10-12,14,16-17,23H,4-5,9,13,15,18-19H2,1-3H3,(H,32,35)(H,36,37). The van der Waals surface area contributed by atoms with Crippen molar-refractivity contribution in [2.24, 2.45) is 0 Å². The minimum Gasteiger partial charge on any atom is -0.465 e. The number of nitrogens with zero attached hydrogens (tertiary/aromatic N) is 3. The van der Waals surface area contributed by atoms with E-state index in [1.807, 2.05) is 24.3 Å². The van der Waals surface area contributed by atoms with Crippen LogP contribution in [0.2, 0.25) is 0 Å². The highest BCUT2D eigenvalue weighted by molar-refractivity contribution is 7.48. The number of pyridine rings is 1. The smallest absolute Gasteiger partial charge is 0.465 e. The van der Waals surface area contributed by atoms with E-state index in [0.717, 1.165) is 21.7 Å². The van der Waals surface area contributed by atoms with Crippen molar-refractivity contribution < 1.29 is 41.6 Å². The summed E-state index contributed by atoms with van der Waals surface area (Å²) in [5.74, 6) is -1.94. The van der Waals surface area contributed by atoms with Crippen LogP contribution in [0.5, 0.6) is 0 Å². The van der Waals surface area contributed by atoms with Gasteiger partial charge in [-0.1, -0.05) is 36.4 Å². The number of hydrogen-bond donors (Lipinski definition) is 2. The molecule has 1 aromatic heterocycles. The number of amides is 3. The van der Waals surface area contributed by atoms with Crippen molar-refractivity contribution in [2.75, 3.05) is 38.3 Å². The van der Waals surface area contributed by atoms with Crippen molar-refractivity contribution in [1.29, 1.82) is 0 Å². The van der Waals surface area contributed by atoms with Crippen molar-refractivity contribution in [1.82, 2.24) is 15.2 Å². The number of phosphoric ester groups is 1. The molecule has 228 valence electrons. The number of phosphoric acid groups is 1. The molecule has 0 fully saturated rings. The third-order valence-corrected chi connectivity index (χ3v) is 8.00. The van der Waals surface area contributed by atoms with Crippen molar-refractivity contribution in [3.05, 3.63) is 71.9 Å². The first-order valence-corrected chi connectivity index (χ1v) is 14.9. The Labute approximate surface area is 243 Å². The Bertz CT molecular complexity index is 1400. The van der Waals surface area contributed by atoms with Crippen LogP contribution in [-0.4, -0.2) is 66.6 Å². The van der Waals surface area contributed by atoms with Crippen LogP contribution in [0.25, 0.3) is 10.8 Å². The van der Waals surface area contributed by atoms with Gasteiger partial charge in [0.15, 0.2) is 11.6 Å². The second-order valence-corrected chi connectivity index (χ2v) is 10.8. The summed E-state index contributed by atoms with van der Waals surface area (Å²) in [6, 6.07) is 11.3. The number of hydrogen-bond acceptors (Lipinski definition) is 7. The number of likely N-dealkylation sites (N-methyl/N-ethyl adjacent to an activating group) is 1. The van der Waals surface area contributed by atoms with E-state index in [1.165, 1.54) is 24.1 Å². The Morgan fingerprint density at radius 2 is 1.74 bits per heavy atom. The van der Waals surface area contributed by atoms with Gasteiger partial charge in [-0.05, 0) is 44.2 Å². The lowest BCUT2D eigenvalue weighted by Crippen LogP contribution is -2.50. The summed E-state index contributed by atoms with van der Waals surface area (Å²) in [6.07, 6.45) is 0.746. The van der Waals surface area contributed by atoms with E-state index in [0.29, 0.717) is 0 Å². The van der Waals surface area contributed by atoms with Gasteiger partial charge in [-0.2, -0.15) is 0 Å². The molecule has 0 bridgehead atoms. The number of aromatic nitrogens is 1. The van der Waals surface area contributed by atoms with Crippen LogP contribution in [0, 0.1) is 11.6 Å². The lowest BCUT2D eigenvalue weighted by molar-refractivity contribution is 0.117. The molecule has 2 aromatic carbocycles. The topological polar surface area (TPSA) is 131 Å². The quantitative estimate of drug-likeness (QED) is 0.154. The SMILES string of the molecule is CCOP(=O)(OCC)OCCCC(CN(C(=O)O)c1cc2ccccc2cn1)N(C)C(=O)NCc1cccc(F)c1F.